The summed E-state index contributed by atoms with van der Waals surface area (Å²) >= 11 is 14.3. The molecule has 0 unspecified atom stereocenters. The summed E-state index contributed by atoms with van der Waals surface area (Å²) in [6, 6.07) is 10.1. The van der Waals surface area contributed by atoms with E-state index < -0.39 is 0 Å². The molecule has 126 valence electrons. The lowest BCUT2D eigenvalue weighted by molar-refractivity contribution is -0.116. The summed E-state index contributed by atoms with van der Waals surface area (Å²) in [5.74, 6) is -0.449. The molecule has 0 heterocycles. The standard InChI is InChI=1S/C17H15Cl2IN2O2/c1-2-3-16(23)21-11-5-7-14(19)15(9-11)22-17(24)12-8-10(20)4-6-13(12)18/h4-9H,2-3H2,1H3,(H,21,23)(H,22,24). The molecule has 0 fully saturated rings. The van der Waals surface area contributed by atoms with E-state index in [4.69, 9.17) is 23.2 Å². The molecule has 2 aromatic carbocycles. The van der Waals surface area contributed by atoms with Crippen LogP contribution in [-0.2, 0) is 4.79 Å². The Hall–Kier alpha value is -1.31. The van der Waals surface area contributed by atoms with Gasteiger partial charge in [-0.1, -0.05) is 30.1 Å². The summed E-state index contributed by atoms with van der Waals surface area (Å²) in [5, 5.41) is 6.23. The predicted molar refractivity (Wildman–Crippen MR) is 107 cm³/mol. The normalized spacial score (nSPS) is 10.3. The monoisotopic (exact) mass is 476 g/mol. The number of carbonyl (C=O) groups excluding carboxylic acids is 2. The van der Waals surface area contributed by atoms with Crippen LogP contribution in [0.5, 0.6) is 0 Å². The van der Waals surface area contributed by atoms with Gasteiger partial charge in [0, 0.05) is 15.7 Å². The third kappa shape index (κ3) is 5.09. The molecule has 0 radical (unpaired) electrons. The van der Waals surface area contributed by atoms with Crippen molar-refractivity contribution in [3.05, 3.63) is 55.6 Å². The van der Waals surface area contributed by atoms with Gasteiger partial charge in [0.25, 0.3) is 5.91 Å². The van der Waals surface area contributed by atoms with E-state index in [1.54, 1.807) is 30.3 Å². The van der Waals surface area contributed by atoms with E-state index >= 15 is 0 Å². The zero-order valence-corrected chi connectivity index (χ0v) is 16.5. The molecule has 2 N–H and O–H groups in total. The second kappa shape index (κ2) is 8.69. The molecule has 2 amide bonds. The van der Waals surface area contributed by atoms with Crippen LogP contribution in [0.15, 0.2) is 36.4 Å². The molecular weight excluding hydrogens is 462 g/mol. The highest BCUT2D eigenvalue weighted by molar-refractivity contribution is 14.1. The van der Waals surface area contributed by atoms with Crippen molar-refractivity contribution in [1.29, 1.82) is 0 Å². The molecule has 0 saturated carbocycles. The lowest BCUT2D eigenvalue weighted by atomic mass is 10.2. The van der Waals surface area contributed by atoms with E-state index in [9.17, 15) is 9.59 Å². The number of nitrogens with one attached hydrogen (secondary N) is 2. The number of hydrogen-bond acceptors (Lipinski definition) is 2. The van der Waals surface area contributed by atoms with E-state index in [1.807, 2.05) is 13.0 Å². The first-order valence-corrected chi connectivity index (χ1v) is 9.10. The molecule has 0 bridgehead atoms. The van der Waals surface area contributed by atoms with Crippen molar-refractivity contribution in [1.82, 2.24) is 0 Å². The Bertz CT molecular complexity index is 781. The smallest absolute Gasteiger partial charge is 0.257 e. The van der Waals surface area contributed by atoms with Gasteiger partial charge in [-0.05, 0) is 65.4 Å². The SMILES string of the molecule is CCCC(=O)Nc1ccc(Cl)c(NC(=O)c2cc(I)ccc2Cl)c1. The first-order valence-electron chi connectivity index (χ1n) is 7.26. The molecule has 24 heavy (non-hydrogen) atoms. The molecular formula is C17H15Cl2IN2O2. The maximum atomic E-state index is 12.4. The van der Waals surface area contributed by atoms with Crippen molar-refractivity contribution in [3.63, 3.8) is 0 Å². The number of hydrogen-bond donors (Lipinski definition) is 2. The lowest BCUT2D eigenvalue weighted by Gasteiger charge is -2.11. The Kier molecular flexibility index (Phi) is 6.89. The minimum absolute atomic E-state index is 0.0854. The Labute approximate surface area is 164 Å². The fourth-order valence-corrected chi connectivity index (χ4v) is 2.87. The Morgan fingerprint density at radius 1 is 1.04 bits per heavy atom. The van der Waals surface area contributed by atoms with Crippen LogP contribution in [-0.4, -0.2) is 11.8 Å². The van der Waals surface area contributed by atoms with Gasteiger partial charge in [0.1, 0.15) is 0 Å². The first kappa shape index (κ1) is 19.0. The highest BCUT2D eigenvalue weighted by Gasteiger charge is 2.13. The maximum absolute atomic E-state index is 12.4. The number of rotatable bonds is 5. The van der Waals surface area contributed by atoms with Gasteiger partial charge >= 0.3 is 0 Å². The molecule has 7 heteroatoms. The minimum Gasteiger partial charge on any atom is -0.326 e. The number of benzene rings is 2. The molecule has 0 saturated heterocycles. The van der Waals surface area contributed by atoms with Crippen molar-refractivity contribution in [2.45, 2.75) is 19.8 Å². The van der Waals surface area contributed by atoms with Gasteiger partial charge in [-0.2, -0.15) is 0 Å². The van der Waals surface area contributed by atoms with E-state index in [1.165, 1.54) is 0 Å². The predicted octanol–water partition coefficient (Wildman–Crippen LogP) is 5.59. The molecule has 0 aliphatic carbocycles. The molecule has 0 aliphatic rings. The average molecular weight is 477 g/mol. The van der Waals surface area contributed by atoms with Crippen LogP contribution in [0, 0.1) is 3.57 Å². The topological polar surface area (TPSA) is 58.2 Å². The Morgan fingerprint density at radius 3 is 2.46 bits per heavy atom. The highest BCUT2D eigenvalue weighted by Crippen LogP contribution is 2.27. The first-order chi connectivity index (χ1) is 11.4. The molecule has 0 spiro atoms. The molecule has 0 atom stereocenters. The minimum atomic E-state index is -0.363. The molecule has 2 aromatic rings. The lowest BCUT2D eigenvalue weighted by Crippen LogP contribution is -2.14. The fourth-order valence-electron chi connectivity index (χ4n) is 2.01. The van der Waals surface area contributed by atoms with Gasteiger partial charge in [-0.3, -0.25) is 9.59 Å². The van der Waals surface area contributed by atoms with Crippen LogP contribution in [0.25, 0.3) is 0 Å². The number of amides is 2. The Balaban J connectivity index is 2.21. The number of halogens is 3. The van der Waals surface area contributed by atoms with Crippen LogP contribution >= 0.6 is 45.8 Å². The maximum Gasteiger partial charge on any atom is 0.257 e. The highest BCUT2D eigenvalue weighted by atomic mass is 127. The van der Waals surface area contributed by atoms with Crippen LogP contribution in [0.3, 0.4) is 0 Å². The van der Waals surface area contributed by atoms with Crippen molar-refractivity contribution in [2.75, 3.05) is 10.6 Å². The molecule has 2 rings (SSSR count). The summed E-state index contributed by atoms with van der Waals surface area (Å²) in [6.07, 6.45) is 1.19. The zero-order chi connectivity index (χ0) is 17.7. The van der Waals surface area contributed by atoms with E-state index in [0.717, 1.165) is 9.99 Å². The Morgan fingerprint density at radius 2 is 1.75 bits per heavy atom. The molecule has 0 aromatic heterocycles. The van der Waals surface area contributed by atoms with Crippen LogP contribution < -0.4 is 10.6 Å². The number of anilines is 2. The van der Waals surface area contributed by atoms with Crippen LogP contribution in [0.2, 0.25) is 10.0 Å². The average Bonchev–Trinajstić information content (AvgIpc) is 2.53. The van der Waals surface area contributed by atoms with Gasteiger partial charge in [-0.25, -0.2) is 0 Å². The van der Waals surface area contributed by atoms with Gasteiger partial charge in [0.05, 0.1) is 21.3 Å². The van der Waals surface area contributed by atoms with Gasteiger partial charge in [0.15, 0.2) is 0 Å². The van der Waals surface area contributed by atoms with Gasteiger partial charge in [-0.15, -0.1) is 0 Å². The zero-order valence-electron chi connectivity index (χ0n) is 12.8. The summed E-state index contributed by atoms with van der Waals surface area (Å²) in [6.45, 7) is 1.93. The summed E-state index contributed by atoms with van der Waals surface area (Å²) in [7, 11) is 0. The second-order valence-electron chi connectivity index (χ2n) is 5.07. The quantitative estimate of drug-likeness (QED) is 0.552. The molecule has 4 nitrogen and oxygen atoms in total. The summed E-state index contributed by atoms with van der Waals surface area (Å²) in [5.41, 5.74) is 1.34. The van der Waals surface area contributed by atoms with Gasteiger partial charge < -0.3 is 10.6 Å². The van der Waals surface area contributed by atoms with Crippen molar-refractivity contribution in [3.8, 4) is 0 Å². The van der Waals surface area contributed by atoms with Crippen LogP contribution in [0.1, 0.15) is 30.1 Å². The van der Waals surface area contributed by atoms with E-state index in [0.29, 0.717) is 33.4 Å². The third-order valence-electron chi connectivity index (χ3n) is 3.15. The van der Waals surface area contributed by atoms with Crippen molar-refractivity contribution < 1.29 is 9.59 Å². The molecule has 0 aliphatic heterocycles. The van der Waals surface area contributed by atoms with E-state index in [2.05, 4.69) is 33.2 Å². The van der Waals surface area contributed by atoms with E-state index in [-0.39, 0.29) is 11.8 Å². The fraction of sp³-hybridized carbons (Fsp3) is 0.176. The third-order valence-corrected chi connectivity index (χ3v) is 4.48. The number of carbonyl (C=O) groups is 2. The second-order valence-corrected chi connectivity index (χ2v) is 7.13. The summed E-state index contributed by atoms with van der Waals surface area (Å²) in [4.78, 5) is 24.1. The van der Waals surface area contributed by atoms with Crippen molar-refractivity contribution in [2.24, 2.45) is 0 Å². The van der Waals surface area contributed by atoms with Crippen LogP contribution in [0.4, 0.5) is 11.4 Å². The van der Waals surface area contributed by atoms with Gasteiger partial charge in [0.2, 0.25) is 5.91 Å². The summed E-state index contributed by atoms with van der Waals surface area (Å²) < 4.78 is 0.897. The largest absolute Gasteiger partial charge is 0.326 e. The van der Waals surface area contributed by atoms with Crippen molar-refractivity contribution >= 4 is 69.0 Å².